The molecule has 1 atom stereocenters. The van der Waals surface area contributed by atoms with Crippen molar-refractivity contribution in [2.45, 2.75) is 19.9 Å². The van der Waals surface area contributed by atoms with Crippen LogP contribution in [0.4, 0.5) is 11.4 Å². The molecule has 0 saturated heterocycles. The van der Waals surface area contributed by atoms with Gasteiger partial charge in [0.1, 0.15) is 0 Å². The summed E-state index contributed by atoms with van der Waals surface area (Å²) in [7, 11) is 0. The molecule has 3 heteroatoms. The molecular formula is C15H17BrN2. The van der Waals surface area contributed by atoms with E-state index in [0.29, 0.717) is 0 Å². The van der Waals surface area contributed by atoms with Gasteiger partial charge in [0.15, 0.2) is 0 Å². The summed E-state index contributed by atoms with van der Waals surface area (Å²) < 4.78 is 0.995. The highest BCUT2D eigenvalue weighted by Crippen LogP contribution is 2.27. The van der Waals surface area contributed by atoms with Gasteiger partial charge in [-0.05, 0) is 43.2 Å². The number of aryl methyl sites for hydroxylation is 1. The number of nitrogen functional groups attached to an aromatic ring is 1. The van der Waals surface area contributed by atoms with E-state index in [9.17, 15) is 0 Å². The molecule has 1 unspecified atom stereocenters. The first-order chi connectivity index (χ1) is 8.58. The maximum absolute atomic E-state index is 5.99. The van der Waals surface area contributed by atoms with E-state index < -0.39 is 0 Å². The van der Waals surface area contributed by atoms with Crippen molar-refractivity contribution >= 4 is 27.3 Å². The van der Waals surface area contributed by atoms with Crippen LogP contribution in [0.5, 0.6) is 0 Å². The van der Waals surface area contributed by atoms with Crippen LogP contribution in [0.25, 0.3) is 0 Å². The molecule has 2 rings (SSSR count). The van der Waals surface area contributed by atoms with E-state index in [1.165, 1.54) is 11.1 Å². The lowest BCUT2D eigenvalue weighted by Gasteiger charge is -2.19. The minimum Gasteiger partial charge on any atom is -0.397 e. The van der Waals surface area contributed by atoms with Gasteiger partial charge in [-0.1, -0.05) is 40.2 Å². The summed E-state index contributed by atoms with van der Waals surface area (Å²) in [5, 5.41) is 3.45. The second-order valence-electron chi connectivity index (χ2n) is 4.45. The van der Waals surface area contributed by atoms with Gasteiger partial charge in [-0.25, -0.2) is 0 Å². The van der Waals surface area contributed by atoms with Crippen LogP contribution < -0.4 is 11.1 Å². The van der Waals surface area contributed by atoms with Gasteiger partial charge in [0.05, 0.1) is 11.4 Å². The van der Waals surface area contributed by atoms with E-state index in [2.05, 4.69) is 59.4 Å². The molecule has 0 fully saturated rings. The molecule has 94 valence electrons. The second-order valence-corrected chi connectivity index (χ2v) is 5.37. The molecule has 0 aliphatic heterocycles. The highest BCUT2D eigenvalue weighted by Gasteiger charge is 2.09. The van der Waals surface area contributed by atoms with Crippen LogP contribution in [-0.2, 0) is 0 Å². The molecule has 2 nitrogen and oxygen atoms in total. The Morgan fingerprint density at radius 3 is 2.56 bits per heavy atom. The fourth-order valence-corrected chi connectivity index (χ4v) is 2.43. The maximum atomic E-state index is 5.99. The topological polar surface area (TPSA) is 38.0 Å². The minimum absolute atomic E-state index is 0.231. The lowest BCUT2D eigenvalue weighted by Crippen LogP contribution is -2.09. The summed E-state index contributed by atoms with van der Waals surface area (Å²) in [6, 6.07) is 14.5. The Bertz CT molecular complexity index is 552. The van der Waals surface area contributed by atoms with E-state index in [0.717, 1.165) is 15.8 Å². The van der Waals surface area contributed by atoms with E-state index in [1.807, 2.05) is 18.2 Å². The number of benzene rings is 2. The maximum Gasteiger partial charge on any atom is 0.0579 e. The first kappa shape index (κ1) is 13.0. The van der Waals surface area contributed by atoms with Gasteiger partial charge in [-0.2, -0.15) is 0 Å². The summed E-state index contributed by atoms with van der Waals surface area (Å²) in [4.78, 5) is 0. The third kappa shape index (κ3) is 2.85. The zero-order valence-corrected chi connectivity index (χ0v) is 12.2. The van der Waals surface area contributed by atoms with Crippen molar-refractivity contribution in [3.05, 3.63) is 58.1 Å². The molecule has 0 amide bonds. The Balaban J connectivity index is 2.21. The molecule has 0 radical (unpaired) electrons. The molecule has 2 aromatic carbocycles. The van der Waals surface area contributed by atoms with Crippen LogP contribution in [0.1, 0.15) is 24.1 Å². The van der Waals surface area contributed by atoms with Crippen molar-refractivity contribution < 1.29 is 0 Å². The normalized spacial score (nSPS) is 12.2. The number of nitrogens with two attached hydrogens (primary N) is 1. The van der Waals surface area contributed by atoms with Gasteiger partial charge in [-0.15, -0.1) is 0 Å². The van der Waals surface area contributed by atoms with Gasteiger partial charge < -0.3 is 11.1 Å². The van der Waals surface area contributed by atoms with Gasteiger partial charge in [-0.3, -0.25) is 0 Å². The van der Waals surface area contributed by atoms with Gasteiger partial charge >= 0.3 is 0 Å². The molecule has 18 heavy (non-hydrogen) atoms. The van der Waals surface area contributed by atoms with Crippen molar-refractivity contribution in [3.63, 3.8) is 0 Å². The monoisotopic (exact) mass is 304 g/mol. The first-order valence-corrected chi connectivity index (χ1v) is 6.74. The average molecular weight is 305 g/mol. The van der Waals surface area contributed by atoms with Crippen LogP contribution >= 0.6 is 15.9 Å². The molecule has 2 aromatic rings. The summed E-state index contributed by atoms with van der Waals surface area (Å²) in [6.07, 6.45) is 0. The largest absolute Gasteiger partial charge is 0.397 e. The molecule has 3 N–H and O–H groups in total. The zero-order chi connectivity index (χ0) is 13.1. The van der Waals surface area contributed by atoms with Crippen LogP contribution in [0.15, 0.2) is 46.9 Å². The van der Waals surface area contributed by atoms with Crippen molar-refractivity contribution in [3.8, 4) is 0 Å². The summed E-state index contributed by atoms with van der Waals surface area (Å²) >= 11 is 3.41. The quantitative estimate of drug-likeness (QED) is 0.819. The van der Waals surface area contributed by atoms with E-state index >= 15 is 0 Å². The third-order valence-corrected chi connectivity index (χ3v) is 3.53. The SMILES string of the molecule is Cc1ccccc1C(C)Nc1ccc(Br)cc1N. The molecule has 0 bridgehead atoms. The predicted molar refractivity (Wildman–Crippen MR) is 81.8 cm³/mol. The van der Waals surface area contributed by atoms with Crippen molar-refractivity contribution in [1.29, 1.82) is 0 Å². The van der Waals surface area contributed by atoms with Crippen LogP contribution in [0.2, 0.25) is 0 Å². The lowest BCUT2D eigenvalue weighted by molar-refractivity contribution is 0.875. The fraction of sp³-hybridized carbons (Fsp3) is 0.200. The number of nitrogens with one attached hydrogen (secondary N) is 1. The van der Waals surface area contributed by atoms with Crippen molar-refractivity contribution in [1.82, 2.24) is 0 Å². The molecule has 0 spiro atoms. The molecule has 0 heterocycles. The molecule has 0 aromatic heterocycles. The Labute approximate surface area is 116 Å². The van der Waals surface area contributed by atoms with Gasteiger partial charge in [0.25, 0.3) is 0 Å². The Kier molecular flexibility index (Phi) is 3.92. The molecule has 0 saturated carbocycles. The molecular weight excluding hydrogens is 288 g/mol. The Morgan fingerprint density at radius 1 is 1.17 bits per heavy atom. The zero-order valence-electron chi connectivity index (χ0n) is 10.6. The number of hydrogen-bond donors (Lipinski definition) is 2. The summed E-state index contributed by atoms with van der Waals surface area (Å²) in [6.45, 7) is 4.27. The van der Waals surface area contributed by atoms with Crippen LogP contribution in [0.3, 0.4) is 0 Å². The highest BCUT2D eigenvalue weighted by molar-refractivity contribution is 9.10. The second kappa shape index (κ2) is 5.44. The lowest BCUT2D eigenvalue weighted by atomic mass is 10.0. The van der Waals surface area contributed by atoms with E-state index in [4.69, 9.17) is 5.73 Å². The average Bonchev–Trinajstić information content (AvgIpc) is 2.33. The van der Waals surface area contributed by atoms with Crippen LogP contribution in [-0.4, -0.2) is 0 Å². The third-order valence-electron chi connectivity index (χ3n) is 3.04. The molecule has 0 aliphatic rings. The summed E-state index contributed by atoms with van der Waals surface area (Å²) in [5.74, 6) is 0. The van der Waals surface area contributed by atoms with Crippen molar-refractivity contribution in [2.24, 2.45) is 0 Å². The predicted octanol–water partition coefficient (Wildman–Crippen LogP) is 4.51. The first-order valence-electron chi connectivity index (χ1n) is 5.95. The Hall–Kier alpha value is -1.48. The number of halogens is 1. The smallest absolute Gasteiger partial charge is 0.0579 e. The number of rotatable bonds is 3. The minimum atomic E-state index is 0.231. The van der Waals surface area contributed by atoms with E-state index in [1.54, 1.807) is 0 Å². The number of anilines is 2. The van der Waals surface area contributed by atoms with Gasteiger partial charge in [0, 0.05) is 10.5 Å². The fourth-order valence-electron chi connectivity index (χ4n) is 2.05. The molecule has 0 aliphatic carbocycles. The standard InChI is InChI=1S/C15H17BrN2/c1-10-5-3-4-6-13(10)11(2)18-15-8-7-12(16)9-14(15)17/h3-9,11,18H,17H2,1-2H3. The Morgan fingerprint density at radius 2 is 1.89 bits per heavy atom. The van der Waals surface area contributed by atoms with Crippen molar-refractivity contribution in [2.75, 3.05) is 11.1 Å². The van der Waals surface area contributed by atoms with E-state index in [-0.39, 0.29) is 6.04 Å². The van der Waals surface area contributed by atoms with Gasteiger partial charge in [0.2, 0.25) is 0 Å². The van der Waals surface area contributed by atoms with Crippen LogP contribution in [0, 0.1) is 6.92 Å². The number of hydrogen-bond acceptors (Lipinski definition) is 2. The summed E-state index contributed by atoms with van der Waals surface area (Å²) in [5.41, 5.74) is 10.3. The highest BCUT2D eigenvalue weighted by atomic mass is 79.9.